The molecule has 8 nitrogen and oxygen atoms in total. The molecule has 0 aliphatic carbocycles. The van der Waals surface area contributed by atoms with Crippen LogP contribution in [0.2, 0.25) is 0 Å². The Balaban J connectivity index is 0. The van der Waals surface area contributed by atoms with E-state index in [0.29, 0.717) is 45.1 Å². The Morgan fingerprint density at radius 3 is 2.16 bits per heavy atom. The van der Waals surface area contributed by atoms with Crippen LogP contribution in [0, 0.1) is 0 Å². The second kappa shape index (κ2) is 15.0. The minimum Gasteiger partial charge on any atom is -0.444 e. The standard InChI is InChI=1S/C16H33N5O3.HI/c1-6-9-18-13(22)8-10-19-14(17-7-2)20-11-12-21-15(23)24-16(3,4)5;/h6-12H2,1-5H3,(H,18,22)(H,21,23)(H2,17,19,20);1H. The minimum absolute atomic E-state index is 0. The molecule has 0 aliphatic heterocycles. The van der Waals surface area contributed by atoms with Crippen LogP contribution < -0.4 is 21.3 Å². The number of alkyl carbamates (subject to hydrolysis) is 1. The number of hydrogen-bond acceptors (Lipinski definition) is 4. The highest BCUT2D eigenvalue weighted by Crippen LogP contribution is 2.05. The maximum absolute atomic E-state index is 11.5. The van der Waals surface area contributed by atoms with E-state index < -0.39 is 11.7 Å². The van der Waals surface area contributed by atoms with Crippen LogP contribution in [0.3, 0.4) is 0 Å². The SMILES string of the molecule is CCCNC(=O)CCN=C(NCC)NCCNC(=O)OC(C)(C)C.I. The Hall–Kier alpha value is -1.26. The summed E-state index contributed by atoms with van der Waals surface area (Å²) in [6, 6.07) is 0. The lowest BCUT2D eigenvalue weighted by atomic mass is 10.2. The summed E-state index contributed by atoms with van der Waals surface area (Å²) < 4.78 is 5.15. The van der Waals surface area contributed by atoms with E-state index in [-0.39, 0.29) is 29.9 Å². The lowest BCUT2D eigenvalue weighted by molar-refractivity contribution is -0.120. The summed E-state index contributed by atoms with van der Waals surface area (Å²) in [6.07, 6.45) is 0.829. The number of nitrogens with zero attached hydrogens (tertiary/aromatic N) is 1. The van der Waals surface area contributed by atoms with Crippen LogP contribution >= 0.6 is 24.0 Å². The summed E-state index contributed by atoms with van der Waals surface area (Å²) in [5.41, 5.74) is -0.508. The van der Waals surface area contributed by atoms with Crippen molar-refractivity contribution >= 4 is 41.9 Å². The molecule has 0 radical (unpaired) electrons. The van der Waals surface area contributed by atoms with Gasteiger partial charge >= 0.3 is 6.09 Å². The van der Waals surface area contributed by atoms with Gasteiger partial charge in [0, 0.05) is 32.6 Å². The first-order valence-electron chi connectivity index (χ1n) is 8.54. The molecule has 0 saturated heterocycles. The van der Waals surface area contributed by atoms with Gasteiger partial charge in [-0.25, -0.2) is 4.79 Å². The van der Waals surface area contributed by atoms with Gasteiger partial charge in [-0.15, -0.1) is 24.0 Å². The van der Waals surface area contributed by atoms with Crippen molar-refractivity contribution < 1.29 is 14.3 Å². The van der Waals surface area contributed by atoms with E-state index in [9.17, 15) is 9.59 Å². The molecule has 148 valence electrons. The molecule has 0 heterocycles. The molecule has 0 fully saturated rings. The summed E-state index contributed by atoms with van der Waals surface area (Å²) >= 11 is 0. The van der Waals surface area contributed by atoms with Crippen LogP contribution in [-0.4, -0.2) is 56.3 Å². The molecular formula is C16H34IN5O3. The van der Waals surface area contributed by atoms with Crippen molar-refractivity contribution in [3.8, 4) is 0 Å². The maximum atomic E-state index is 11.5. The highest BCUT2D eigenvalue weighted by atomic mass is 127. The second-order valence-corrected chi connectivity index (χ2v) is 6.22. The first-order valence-corrected chi connectivity index (χ1v) is 8.54. The van der Waals surface area contributed by atoms with Gasteiger partial charge in [0.1, 0.15) is 5.60 Å². The Bertz CT molecular complexity index is 411. The zero-order valence-electron chi connectivity index (χ0n) is 16.0. The topological polar surface area (TPSA) is 104 Å². The van der Waals surface area contributed by atoms with Crippen LogP contribution in [0.5, 0.6) is 0 Å². The Morgan fingerprint density at radius 1 is 0.960 bits per heavy atom. The molecule has 0 bridgehead atoms. The monoisotopic (exact) mass is 471 g/mol. The molecule has 0 aromatic heterocycles. The van der Waals surface area contributed by atoms with Crippen LogP contribution in [0.15, 0.2) is 4.99 Å². The van der Waals surface area contributed by atoms with Crippen LogP contribution in [0.25, 0.3) is 0 Å². The molecule has 0 saturated carbocycles. The minimum atomic E-state index is -0.508. The fourth-order valence-corrected chi connectivity index (χ4v) is 1.62. The quantitative estimate of drug-likeness (QED) is 0.177. The number of amides is 2. The number of rotatable bonds is 9. The van der Waals surface area contributed by atoms with Crippen LogP contribution in [0.1, 0.15) is 47.5 Å². The number of aliphatic imine (C=N–C) groups is 1. The molecule has 0 aromatic rings. The predicted octanol–water partition coefficient (Wildman–Crippen LogP) is 1.60. The maximum Gasteiger partial charge on any atom is 0.407 e. The smallest absolute Gasteiger partial charge is 0.407 e. The third kappa shape index (κ3) is 17.4. The molecule has 9 heteroatoms. The van der Waals surface area contributed by atoms with E-state index >= 15 is 0 Å². The Labute approximate surface area is 168 Å². The first kappa shape index (κ1) is 26.0. The lowest BCUT2D eigenvalue weighted by Gasteiger charge is -2.19. The van der Waals surface area contributed by atoms with Crippen LogP contribution in [-0.2, 0) is 9.53 Å². The zero-order chi connectivity index (χ0) is 18.4. The largest absolute Gasteiger partial charge is 0.444 e. The number of halogens is 1. The van der Waals surface area contributed by atoms with E-state index in [0.717, 1.165) is 6.42 Å². The van der Waals surface area contributed by atoms with Crippen molar-refractivity contribution in [3.63, 3.8) is 0 Å². The number of ether oxygens (including phenoxy) is 1. The van der Waals surface area contributed by atoms with Crippen molar-refractivity contribution in [1.29, 1.82) is 0 Å². The van der Waals surface area contributed by atoms with Gasteiger partial charge in [0.05, 0.1) is 6.54 Å². The van der Waals surface area contributed by atoms with Crippen molar-refractivity contribution in [1.82, 2.24) is 21.3 Å². The van der Waals surface area contributed by atoms with Crippen molar-refractivity contribution in [2.24, 2.45) is 4.99 Å². The summed E-state index contributed by atoms with van der Waals surface area (Å²) in [6.45, 7) is 12.2. The fourth-order valence-electron chi connectivity index (χ4n) is 1.62. The van der Waals surface area contributed by atoms with E-state index in [1.807, 2.05) is 34.6 Å². The average molecular weight is 471 g/mol. The van der Waals surface area contributed by atoms with Crippen LogP contribution in [0.4, 0.5) is 4.79 Å². The third-order valence-electron chi connectivity index (χ3n) is 2.61. The Morgan fingerprint density at radius 2 is 1.60 bits per heavy atom. The normalized spacial score (nSPS) is 11.2. The summed E-state index contributed by atoms with van der Waals surface area (Å²) in [7, 11) is 0. The van der Waals surface area contributed by atoms with E-state index in [1.165, 1.54) is 0 Å². The van der Waals surface area contributed by atoms with Gasteiger partial charge in [-0.3, -0.25) is 9.79 Å². The Kier molecular flexibility index (Phi) is 15.6. The van der Waals surface area contributed by atoms with Gasteiger partial charge in [-0.2, -0.15) is 0 Å². The van der Waals surface area contributed by atoms with Gasteiger partial charge < -0.3 is 26.0 Å². The van der Waals surface area contributed by atoms with Crippen molar-refractivity contribution in [2.75, 3.05) is 32.7 Å². The molecule has 4 N–H and O–H groups in total. The van der Waals surface area contributed by atoms with Gasteiger partial charge in [0.15, 0.2) is 5.96 Å². The number of guanidine groups is 1. The third-order valence-corrected chi connectivity index (χ3v) is 2.61. The van der Waals surface area contributed by atoms with E-state index in [4.69, 9.17) is 4.74 Å². The second-order valence-electron chi connectivity index (χ2n) is 6.22. The fraction of sp³-hybridized carbons (Fsp3) is 0.812. The molecule has 2 amide bonds. The number of carbonyl (C=O) groups is 2. The van der Waals surface area contributed by atoms with Gasteiger partial charge in [-0.1, -0.05) is 6.92 Å². The molecule has 0 spiro atoms. The molecule has 0 atom stereocenters. The summed E-state index contributed by atoms with van der Waals surface area (Å²) in [4.78, 5) is 27.3. The molecule has 0 rings (SSSR count). The number of hydrogen-bond donors (Lipinski definition) is 4. The number of nitrogens with one attached hydrogen (secondary N) is 4. The number of carbonyl (C=O) groups excluding carboxylic acids is 2. The lowest BCUT2D eigenvalue weighted by Crippen LogP contribution is -2.42. The van der Waals surface area contributed by atoms with Gasteiger partial charge in [0.2, 0.25) is 5.91 Å². The highest BCUT2D eigenvalue weighted by Gasteiger charge is 2.15. The summed E-state index contributed by atoms with van der Waals surface area (Å²) in [5, 5.41) is 11.7. The average Bonchev–Trinajstić information content (AvgIpc) is 2.47. The van der Waals surface area contributed by atoms with E-state index in [1.54, 1.807) is 0 Å². The van der Waals surface area contributed by atoms with Crippen molar-refractivity contribution in [3.05, 3.63) is 0 Å². The van der Waals surface area contributed by atoms with Crippen molar-refractivity contribution in [2.45, 2.75) is 53.1 Å². The van der Waals surface area contributed by atoms with Gasteiger partial charge in [-0.05, 0) is 34.1 Å². The molecule has 25 heavy (non-hydrogen) atoms. The zero-order valence-corrected chi connectivity index (χ0v) is 18.4. The molecular weight excluding hydrogens is 437 g/mol. The predicted molar refractivity (Wildman–Crippen MR) is 112 cm³/mol. The van der Waals surface area contributed by atoms with E-state index in [2.05, 4.69) is 26.3 Å². The molecule has 0 aromatic carbocycles. The summed E-state index contributed by atoms with van der Waals surface area (Å²) in [5.74, 6) is 0.620. The molecule has 0 unspecified atom stereocenters. The molecule has 0 aliphatic rings. The highest BCUT2D eigenvalue weighted by molar-refractivity contribution is 14.0. The first-order chi connectivity index (χ1) is 11.3. The van der Waals surface area contributed by atoms with Gasteiger partial charge in [0.25, 0.3) is 0 Å².